The minimum Gasteiger partial charge on any atom is -0.493 e. The predicted molar refractivity (Wildman–Crippen MR) is 87.1 cm³/mol. The zero-order valence-electron chi connectivity index (χ0n) is 12.9. The Morgan fingerprint density at radius 3 is 2.62 bits per heavy atom. The van der Waals surface area contributed by atoms with Gasteiger partial charge < -0.3 is 19.5 Å². The maximum absolute atomic E-state index is 5.60. The largest absolute Gasteiger partial charge is 0.493 e. The fourth-order valence-corrected chi connectivity index (χ4v) is 3.13. The van der Waals surface area contributed by atoms with Crippen LogP contribution >= 0.6 is 15.9 Å². The molecular weight excluding hydrogens is 334 g/mol. The summed E-state index contributed by atoms with van der Waals surface area (Å²) in [6.07, 6.45) is 2.64. The number of ether oxygens (including phenoxy) is 3. The van der Waals surface area contributed by atoms with E-state index in [1.54, 1.807) is 7.11 Å². The molecule has 1 aliphatic rings. The van der Waals surface area contributed by atoms with E-state index in [1.165, 1.54) is 5.56 Å². The lowest BCUT2D eigenvalue weighted by molar-refractivity contribution is -0.0102. The van der Waals surface area contributed by atoms with Crippen LogP contribution in [0.15, 0.2) is 16.6 Å². The van der Waals surface area contributed by atoms with E-state index in [-0.39, 0.29) is 0 Å². The zero-order valence-corrected chi connectivity index (χ0v) is 14.5. The summed E-state index contributed by atoms with van der Waals surface area (Å²) in [5.74, 6) is 1.53. The van der Waals surface area contributed by atoms with Gasteiger partial charge in [-0.1, -0.05) is 0 Å². The maximum Gasteiger partial charge on any atom is 0.175 e. The molecule has 0 saturated heterocycles. The Bertz CT molecular complexity index is 461. The highest BCUT2D eigenvalue weighted by molar-refractivity contribution is 9.10. The van der Waals surface area contributed by atoms with Crippen molar-refractivity contribution in [2.24, 2.45) is 0 Å². The van der Waals surface area contributed by atoms with Crippen molar-refractivity contribution >= 4 is 15.9 Å². The molecular formula is C16H24BrNO3. The van der Waals surface area contributed by atoms with Crippen molar-refractivity contribution in [2.75, 3.05) is 20.3 Å². The van der Waals surface area contributed by atoms with E-state index in [9.17, 15) is 0 Å². The number of benzene rings is 1. The molecule has 0 bridgehead atoms. The van der Waals surface area contributed by atoms with E-state index < -0.39 is 0 Å². The first-order valence-electron chi connectivity index (χ1n) is 7.52. The molecule has 5 heteroatoms. The summed E-state index contributed by atoms with van der Waals surface area (Å²) in [4.78, 5) is 0. The van der Waals surface area contributed by atoms with E-state index in [0.717, 1.165) is 42.0 Å². The van der Waals surface area contributed by atoms with Crippen LogP contribution in [0.1, 0.15) is 32.3 Å². The Hall–Kier alpha value is -0.780. The van der Waals surface area contributed by atoms with Gasteiger partial charge >= 0.3 is 0 Å². The lowest BCUT2D eigenvalue weighted by atomic mass is 9.89. The topological polar surface area (TPSA) is 39.7 Å². The highest BCUT2D eigenvalue weighted by atomic mass is 79.9. The van der Waals surface area contributed by atoms with Gasteiger partial charge in [-0.15, -0.1) is 0 Å². The molecule has 0 aliphatic heterocycles. The molecule has 0 radical (unpaired) electrons. The van der Waals surface area contributed by atoms with Crippen LogP contribution in [-0.4, -0.2) is 32.5 Å². The summed E-state index contributed by atoms with van der Waals surface area (Å²) < 4.78 is 17.5. The highest BCUT2D eigenvalue weighted by Gasteiger charge is 2.28. The molecule has 2 rings (SSSR count). The molecule has 1 N–H and O–H groups in total. The van der Waals surface area contributed by atoms with E-state index in [0.29, 0.717) is 18.8 Å². The van der Waals surface area contributed by atoms with E-state index >= 15 is 0 Å². The standard InChI is InChI=1S/C16H24BrNO3/c1-4-20-13-8-12(9-13)18-10-11-6-14(17)16(21-5-2)15(7-11)19-3/h6-7,12-13,18H,4-5,8-10H2,1-3H3. The summed E-state index contributed by atoms with van der Waals surface area (Å²) >= 11 is 3.56. The number of hydrogen-bond acceptors (Lipinski definition) is 4. The van der Waals surface area contributed by atoms with Crippen LogP contribution in [-0.2, 0) is 11.3 Å². The molecule has 0 spiro atoms. The van der Waals surface area contributed by atoms with Gasteiger partial charge in [0, 0.05) is 19.2 Å². The van der Waals surface area contributed by atoms with Crippen LogP contribution in [0.5, 0.6) is 11.5 Å². The third-order valence-electron chi connectivity index (χ3n) is 3.67. The third-order valence-corrected chi connectivity index (χ3v) is 4.26. The van der Waals surface area contributed by atoms with Crippen LogP contribution in [0.2, 0.25) is 0 Å². The molecule has 1 aromatic rings. The number of rotatable bonds is 8. The Balaban J connectivity index is 1.91. The summed E-state index contributed by atoms with van der Waals surface area (Å²) in [6.45, 7) is 6.26. The molecule has 21 heavy (non-hydrogen) atoms. The molecule has 0 atom stereocenters. The van der Waals surface area contributed by atoms with Crippen molar-refractivity contribution in [3.05, 3.63) is 22.2 Å². The quantitative estimate of drug-likeness (QED) is 0.772. The maximum atomic E-state index is 5.60. The number of halogens is 1. The highest BCUT2D eigenvalue weighted by Crippen LogP contribution is 2.36. The Morgan fingerprint density at radius 1 is 1.24 bits per heavy atom. The molecule has 1 saturated carbocycles. The van der Waals surface area contributed by atoms with Crippen LogP contribution in [0, 0.1) is 0 Å². The third kappa shape index (κ3) is 4.34. The molecule has 0 heterocycles. The second-order valence-corrected chi connectivity index (χ2v) is 6.02. The van der Waals surface area contributed by atoms with E-state index in [1.807, 2.05) is 19.9 Å². The first-order chi connectivity index (χ1) is 10.2. The van der Waals surface area contributed by atoms with Gasteiger partial charge in [0.2, 0.25) is 0 Å². The minimum atomic E-state index is 0.439. The predicted octanol–water partition coefficient (Wildman–Crippen LogP) is 3.51. The number of nitrogens with one attached hydrogen (secondary N) is 1. The van der Waals surface area contributed by atoms with Gasteiger partial charge in [-0.05, 0) is 60.3 Å². The van der Waals surface area contributed by atoms with Crippen molar-refractivity contribution in [2.45, 2.75) is 45.4 Å². The smallest absolute Gasteiger partial charge is 0.175 e. The lowest BCUT2D eigenvalue weighted by Crippen LogP contribution is -2.45. The number of hydrogen-bond donors (Lipinski definition) is 1. The van der Waals surface area contributed by atoms with E-state index in [4.69, 9.17) is 14.2 Å². The average molecular weight is 358 g/mol. The summed E-state index contributed by atoms with van der Waals surface area (Å²) in [5.41, 5.74) is 1.18. The SMILES string of the molecule is CCOc1c(Br)cc(CNC2CC(OCC)C2)cc1OC. The first kappa shape index (κ1) is 16.6. The van der Waals surface area contributed by atoms with Crippen LogP contribution in [0.4, 0.5) is 0 Å². The normalized spacial score (nSPS) is 21.0. The molecule has 4 nitrogen and oxygen atoms in total. The lowest BCUT2D eigenvalue weighted by Gasteiger charge is -2.35. The molecule has 1 fully saturated rings. The van der Waals surface area contributed by atoms with Gasteiger partial charge in [-0.2, -0.15) is 0 Å². The molecule has 1 aliphatic carbocycles. The second-order valence-electron chi connectivity index (χ2n) is 5.17. The van der Waals surface area contributed by atoms with Crippen molar-refractivity contribution in [3.8, 4) is 11.5 Å². The van der Waals surface area contributed by atoms with Crippen LogP contribution in [0.25, 0.3) is 0 Å². The van der Waals surface area contributed by atoms with Gasteiger partial charge in [0.05, 0.1) is 24.3 Å². The average Bonchev–Trinajstić information content (AvgIpc) is 2.43. The fourth-order valence-electron chi connectivity index (χ4n) is 2.53. The van der Waals surface area contributed by atoms with Gasteiger partial charge in [0.15, 0.2) is 11.5 Å². The fraction of sp³-hybridized carbons (Fsp3) is 0.625. The van der Waals surface area contributed by atoms with Crippen molar-refractivity contribution in [1.82, 2.24) is 5.32 Å². The summed E-state index contributed by atoms with van der Waals surface area (Å²) in [5, 5.41) is 3.56. The summed E-state index contributed by atoms with van der Waals surface area (Å²) in [6, 6.07) is 4.67. The van der Waals surface area contributed by atoms with Crippen molar-refractivity contribution < 1.29 is 14.2 Å². The minimum absolute atomic E-state index is 0.439. The van der Waals surface area contributed by atoms with Gasteiger partial charge in [-0.25, -0.2) is 0 Å². The van der Waals surface area contributed by atoms with Gasteiger partial charge in [-0.3, -0.25) is 0 Å². The Kier molecular flexibility index (Phi) is 6.33. The van der Waals surface area contributed by atoms with E-state index in [2.05, 4.69) is 27.3 Å². The van der Waals surface area contributed by atoms with Crippen molar-refractivity contribution in [1.29, 1.82) is 0 Å². The number of methoxy groups -OCH3 is 1. The van der Waals surface area contributed by atoms with Gasteiger partial charge in [0.1, 0.15) is 0 Å². The van der Waals surface area contributed by atoms with Gasteiger partial charge in [0.25, 0.3) is 0 Å². The first-order valence-corrected chi connectivity index (χ1v) is 8.31. The zero-order chi connectivity index (χ0) is 15.2. The van der Waals surface area contributed by atoms with Crippen LogP contribution < -0.4 is 14.8 Å². The molecule has 0 unspecified atom stereocenters. The molecule has 0 aromatic heterocycles. The molecule has 0 amide bonds. The molecule has 1 aromatic carbocycles. The van der Waals surface area contributed by atoms with Crippen molar-refractivity contribution in [3.63, 3.8) is 0 Å². The monoisotopic (exact) mass is 357 g/mol. The summed E-state index contributed by atoms with van der Waals surface area (Å²) in [7, 11) is 1.67. The van der Waals surface area contributed by atoms with Crippen LogP contribution in [0.3, 0.4) is 0 Å². The Labute approximate surface area is 135 Å². The second kappa shape index (κ2) is 8.01. The Morgan fingerprint density at radius 2 is 2.00 bits per heavy atom. The molecule has 118 valence electrons.